The maximum absolute atomic E-state index is 10.7. The fourth-order valence-corrected chi connectivity index (χ4v) is 3.47. The summed E-state index contributed by atoms with van der Waals surface area (Å²) in [6, 6.07) is 5.87. The highest BCUT2D eigenvalue weighted by Gasteiger charge is 2.20. The van der Waals surface area contributed by atoms with Gasteiger partial charge in [-0.2, -0.15) is 8.42 Å². The van der Waals surface area contributed by atoms with Crippen LogP contribution in [0.1, 0.15) is 17.7 Å². The van der Waals surface area contributed by atoms with Crippen molar-refractivity contribution >= 4 is 39.1 Å². The fourth-order valence-electron chi connectivity index (χ4n) is 2.98. The zero-order valence-electron chi connectivity index (χ0n) is 12.1. The summed E-state index contributed by atoms with van der Waals surface area (Å²) in [6.45, 7) is 2.33. The molecule has 1 aromatic carbocycles. The zero-order valence-corrected chi connectivity index (χ0v) is 13.7. The minimum Gasteiger partial charge on any atom is -0.399 e. The van der Waals surface area contributed by atoms with Gasteiger partial charge >= 0.3 is 0 Å². The third-order valence-corrected chi connectivity index (χ3v) is 4.76. The van der Waals surface area contributed by atoms with Crippen molar-refractivity contribution in [1.29, 1.82) is 0 Å². The summed E-state index contributed by atoms with van der Waals surface area (Å²) in [5.74, 6) is -0.181. The number of nitrogen functional groups attached to an aromatic ring is 1. The molecule has 8 heteroatoms. The van der Waals surface area contributed by atoms with Gasteiger partial charge in [-0.25, -0.2) is 0 Å². The Labute approximate surface area is 135 Å². The van der Waals surface area contributed by atoms with Gasteiger partial charge in [0.15, 0.2) is 0 Å². The first-order chi connectivity index (χ1) is 9.92. The molecule has 4 N–H and O–H groups in total. The van der Waals surface area contributed by atoms with Crippen molar-refractivity contribution in [3.8, 4) is 0 Å². The Kier molecular flexibility index (Phi) is 5.01. The highest BCUT2D eigenvalue weighted by Crippen LogP contribution is 2.28. The summed E-state index contributed by atoms with van der Waals surface area (Å²) < 4.78 is 30.2. The lowest BCUT2D eigenvalue weighted by Crippen LogP contribution is -2.32. The number of nitrogens with two attached hydrogens (primary N) is 1. The number of rotatable bonds is 4. The average molecular weight is 346 g/mol. The number of fused-ring (bicyclic) bond motifs is 3. The highest BCUT2D eigenvalue weighted by atomic mass is 35.5. The molecule has 1 aliphatic heterocycles. The van der Waals surface area contributed by atoms with E-state index in [1.807, 2.05) is 18.2 Å². The van der Waals surface area contributed by atoms with Gasteiger partial charge in [0, 0.05) is 35.4 Å². The second-order valence-electron chi connectivity index (χ2n) is 5.55. The Morgan fingerprint density at radius 1 is 1.36 bits per heavy atom. The number of anilines is 1. The molecular formula is C14H20ClN3O3S. The molecule has 3 rings (SSSR count). The SMILES string of the molecule is Cl.Nc1ccc2[nH]c3c(c2c1)CCN(CCCS(=O)(=O)O)C3. The standard InChI is InChI=1S/C14H19N3O3S.ClH/c15-10-2-3-13-12(8-10)11-4-6-17(9-14(11)16-13)5-1-7-21(18,19)20;/h2-3,8,16H,1,4-7,9,15H2,(H,18,19,20);1H. The van der Waals surface area contributed by atoms with E-state index in [0.717, 1.165) is 30.7 Å². The summed E-state index contributed by atoms with van der Waals surface area (Å²) in [5.41, 5.74) is 10.2. The molecule has 0 fully saturated rings. The number of nitrogens with zero attached hydrogens (tertiary/aromatic N) is 1. The van der Waals surface area contributed by atoms with Gasteiger partial charge < -0.3 is 10.7 Å². The molecule has 0 amide bonds. The van der Waals surface area contributed by atoms with Crippen LogP contribution in [0.2, 0.25) is 0 Å². The van der Waals surface area contributed by atoms with Crippen molar-refractivity contribution in [1.82, 2.24) is 9.88 Å². The van der Waals surface area contributed by atoms with Crippen LogP contribution >= 0.6 is 12.4 Å². The second-order valence-corrected chi connectivity index (χ2v) is 7.12. The van der Waals surface area contributed by atoms with E-state index in [-0.39, 0.29) is 18.2 Å². The zero-order chi connectivity index (χ0) is 15.0. The van der Waals surface area contributed by atoms with E-state index in [1.54, 1.807) is 0 Å². The predicted molar refractivity (Wildman–Crippen MR) is 90.0 cm³/mol. The Hall–Kier alpha value is -1.28. The molecule has 0 atom stereocenters. The second kappa shape index (κ2) is 6.45. The summed E-state index contributed by atoms with van der Waals surface area (Å²) in [6.07, 6.45) is 1.37. The lowest BCUT2D eigenvalue weighted by atomic mass is 10.0. The third-order valence-electron chi connectivity index (χ3n) is 3.95. The molecule has 6 nitrogen and oxygen atoms in total. The minimum absolute atomic E-state index is 0. The van der Waals surface area contributed by atoms with Gasteiger partial charge in [-0.3, -0.25) is 9.45 Å². The van der Waals surface area contributed by atoms with Crippen LogP contribution in [0.4, 0.5) is 5.69 Å². The highest BCUT2D eigenvalue weighted by molar-refractivity contribution is 7.85. The van der Waals surface area contributed by atoms with Gasteiger partial charge in [-0.05, 0) is 43.1 Å². The predicted octanol–water partition coefficient (Wildman–Crippen LogP) is 1.81. The number of benzene rings is 1. The molecule has 0 saturated carbocycles. The Bertz CT molecular complexity index is 773. The Morgan fingerprint density at radius 3 is 2.86 bits per heavy atom. The molecule has 122 valence electrons. The normalized spacial score (nSPS) is 15.5. The molecule has 2 heterocycles. The summed E-state index contributed by atoms with van der Waals surface area (Å²) >= 11 is 0. The van der Waals surface area contributed by atoms with E-state index >= 15 is 0 Å². The molecule has 22 heavy (non-hydrogen) atoms. The summed E-state index contributed by atoms with van der Waals surface area (Å²) in [5, 5.41) is 1.18. The number of H-pyrrole nitrogens is 1. The molecule has 0 unspecified atom stereocenters. The first kappa shape index (κ1) is 17.1. The van der Waals surface area contributed by atoms with Crippen LogP contribution in [0.15, 0.2) is 18.2 Å². The topological polar surface area (TPSA) is 99.4 Å². The summed E-state index contributed by atoms with van der Waals surface area (Å²) in [4.78, 5) is 5.62. The first-order valence-electron chi connectivity index (χ1n) is 6.99. The Morgan fingerprint density at radius 2 is 2.14 bits per heavy atom. The number of aromatic amines is 1. The molecule has 0 saturated heterocycles. The quantitative estimate of drug-likeness (QED) is 0.579. The lowest BCUT2D eigenvalue weighted by Gasteiger charge is -2.26. The van der Waals surface area contributed by atoms with Crippen LogP contribution in [-0.2, 0) is 23.1 Å². The lowest BCUT2D eigenvalue weighted by molar-refractivity contribution is 0.252. The minimum atomic E-state index is -3.86. The van der Waals surface area contributed by atoms with Crippen molar-refractivity contribution in [3.63, 3.8) is 0 Å². The van der Waals surface area contributed by atoms with Crippen molar-refractivity contribution in [3.05, 3.63) is 29.5 Å². The van der Waals surface area contributed by atoms with Crippen LogP contribution in [0.25, 0.3) is 10.9 Å². The van der Waals surface area contributed by atoms with Crippen LogP contribution in [0.3, 0.4) is 0 Å². The van der Waals surface area contributed by atoms with E-state index in [9.17, 15) is 8.42 Å². The average Bonchev–Trinajstić information content (AvgIpc) is 2.74. The van der Waals surface area contributed by atoms with E-state index in [1.165, 1.54) is 16.6 Å². The maximum atomic E-state index is 10.7. The van der Waals surface area contributed by atoms with Gasteiger partial charge in [0.1, 0.15) is 0 Å². The van der Waals surface area contributed by atoms with E-state index < -0.39 is 10.1 Å². The molecule has 0 spiro atoms. The number of hydrogen-bond donors (Lipinski definition) is 3. The third kappa shape index (κ3) is 3.73. The molecule has 1 aromatic heterocycles. The van der Waals surface area contributed by atoms with Gasteiger partial charge in [-0.1, -0.05) is 0 Å². The van der Waals surface area contributed by atoms with Crippen molar-refractivity contribution < 1.29 is 13.0 Å². The first-order valence-corrected chi connectivity index (χ1v) is 8.60. The van der Waals surface area contributed by atoms with Gasteiger partial charge in [0.25, 0.3) is 10.1 Å². The van der Waals surface area contributed by atoms with Crippen molar-refractivity contribution in [2.75, 3.05) is 24.6 Å². The van der Waals surface area contributed by atoms with Crippen LogP contribution in [-0.4, -0.2) is 41.7 Å². The van der Waals surface area contributed by atoms with Gasteiger partial charge in [0.2, 0.25) is 0 Å². The maximum Gasteiger partial charge on any atom is 0.264 e. The number of nitrogens with one attached hydrogen (secondary N) is 1. The number of aromatic nitrogens is 1. The van der Waals surface area contributed by atoms with Gasteiger partial charge in [0.05, 0.1) is 5.75 Å². The smallest absolute Gasteiger partial charge is 0.264 e. The number of halogens is 1. The van der Waals surface area contributed by atoms with Crippen molar-refractivity contribution in [2.45, 2.75) is 19.4 Å². The number of hydrogen-bond acceptors (Lipinski definition) is 4. The monoisotopic (exact) mass is 345 g/mol. The van der Waals surface area contributed by atoms with E-state index in [4.69, 9.17) is 10.3 Å². The fraction of sp³-hybridized carbons (Fsp3) is 0.429. The molecule has 0 bridgehead atoms. The molecule has 0 radical (unpaired) electrons. The van der Waals surface area contributed by atoms with Crippen LogP contribution in [0, 0.1) is 0 Å². The van der Waals surface area contributed by atoms with E-state index in [0.29, 0.717) is 13.0 Å². The molecular weight excluding hydrogens is 326 g/mol. The molecule has 0 aliphatic carbocycles. The van der Waals surface area contributed by atoms with Crippen molar-refractivity contribution in [2.24, 2.45) is 0 Å². The van der Waals surface area contributed by atoms with Crippen LogP contribution < -0.4 is 5.73 Å². The van der Waals surface area contributed by atoms with E-state index in [2.05, 4.69) is 9.88 Å². The Balaban J connectivity index is 0.00000176. The molecule has 1 aliphatic rings. The van der Waals surface area contributed by atoms with Gasteiger partial charge in [-0.15, -0.1) is 12.4 Å². The molecule has 2 aromatic rings. The largest absolute Gasteiger partial charge is 0.399 e. The summed E-state index contributed by atoms with van der Waals surface area (Å²) in [7, 11) is -3.86. The van der Waals surface area contributed by atoms with Crippen LogP contribution in [0.5, 0.6) is 0 Å².